The molecule has 0 bridgehead atoms. The van der Waals surface area contributed by atoms with Crippen LogP contribution in [0.4, 0.5) is 0 Å². The van der Waals surface area contributed by atoms with E-state index in [0.29, 0.717) is 18.8 Å². The molecule has 0 aliphatic carbocycles. The molecule has 0 aromatic heterocycles. The van der Waals surface area contributed by atoms with Crippen molar-refractivity contribution < 1.29 is 9.59 Å². The van der Waals surface area contributed by atoms with Crippen molar-refractivity contribution in [1.82, 2.24) is 15.1 Å². The fraction of sp³-hybridized carbons (Fsp3) is 0.867. The Balaban J connectivity index is 1.88. The number of piperidine rings is 1. The molecule has 0 radical (unpaired) electrons. The van der Waals surface area contributed by atoms with E-state index in [-0.39, 0.29) is 22.6 Å². The van der Waals surface area contributed by atoms with E-state index in [9.17, 15) is 9.59 Å². The average molecular weight is 313 g/mol. The number of nitrogens with one attached hydrogen (secondary N) is 1. The van der Waals surface area contributed by atoms with Gasteiger partial charge in [-0.3, -0.25) is 9.59 Å². The van der Waals surface area contributed by atoms with Gasteiger partial charge in [-0.2, -0.15) is 0 Å². The van der Waals surface area contributed by atoms with Gasteiger partial charge in [0.2, 0.25) is 11.8 Å². The first-order valence-corrected chi connectivity index (χ1v) is 8.77. The van der Waals surface area contributed by atoms with E-state index < -0.39 is 0 Å². The van der Waals surface area contributed by atoms with Crippen molar-refractivity contribution in [2.24, 2.45) is 0 Å². The van der Waals surface area contributed by atoms with Crippen LogP contribution in [0.1, 0.15) is 33.6 Å². The summed E-state index contributed by atoms with van der Waals surface area (Å²) in [7, 11) is 0. The van der Waals surface area contributed by atoms with Gasteiger partial charge < -0.3 is 15.1 Å². The van der Waals surface area contributed by atoms with Crippen molar-refractivity contribution in [3.8, 4) is 0 Å². The highest BCUT2D eigenvalue weighted by Crippen LogP contribution is 2.24. The van der Waals surface area contributed by atoms with Crippen LogP contribution in [0.2, 0.25) is 0 Å². The molecule has 0 saturated carbocycles. The van der Waals surface area contributed by atoms with Gasteiger partial charge in [-0.05, 0) is 12.8 Å². The minimum Gasteiger partial charge on any atom is -0.340 e. The molecule has 2 heterocycles. The zero-order valence-corrected chi connectivity index (χ0v) is 14.2. The Bertz CT molecular complexity index is 395. The molecule has 0 aromatic rings. The zero-order chi connectivity index (χ0) is 15.5. The number of carbonyl (C=O) groups is 2. The molecule has 0 spiro atoms. The maximum Gasteiger partial charge on any atom is 0.236 e. The highest BCUT2D eigenvalue weighted by molar-refractivity contribution is 8.01. The molecule has 6 heteroatoms. The van der Waals surface area contributed by atoms with Gasteiger partial charge in [-0.15, -0.1) is 11.8 Å². The number of hydrogen-bond acceptors (Lipinski definition) is 4. The fourth-order valence-corrected chi connectivity index (χ4v) is 3.55. The van der Waals surface area contributed by atoms with Crippen molar-refractivity contribution >= 4 is 23.6 Å². The minimum absolute atomic E-state index is 0.110. The molecule has 0 aromatic carbocycles. The molecule has 2 aliphatic heterocycles. The molecule has 2 fully saturated rings. The first-order chi connectivity index (χ1) is 9.87. The summed E-state index contributed by atoms with van der Waals surface area (Å²) in [6, 6.07) is 0.205. The second kappa shape index (κ2) is 7.01. The first kappa shape index (κ1) is 16.6. The summed E-state index contributed by atoms with van der Waals surface area (Å²) in [5.74, 6) is 0.915. The lowest BCUT2D eigenvalue weighted by atomic mass is 10.0. The zero-order valence-electron chi connectivity index (χ0n) is 13.4. The lowest BCUT2D eigenvalue weighted by Crippen LogP contribution is -2.57. The van der Waals surface area contributed by atoms with E-state index in [2.05, 4.69) is 26.1 Å². The summed E-state index contributed by atoms with van der Waals surface area (Å²) >= 11 is 1.69. The lowest BCUT2D eigenvalue weighted by Gasteiger charge is -2.41. The average Bonchev–Trinajstić information content (AvgIpc) is 2.44. The van der Waals surface area contributed by atoms with E-state index in [1.807, 2.05) is 9.80 Å². The number of rotatable bonds is 3. The van der Waals surface area contributed by atoms with E-state index in [1.54, 1.807) is 11.8 Å². The van der Waals surface area contributed by atoms with Gasteiger partial charge in [0.25, 0.3) is 0 Å². The van der Waals surface area contributed by atoms with Gasteiger partial charge in [-0.25, -0.2) is 0 Å². The van der Waals surface area contributed by atoms with Crippen LogP contribution in [0.5, 0.6) is 0 Å². The van der Waals surface area contributed by atoms with Crippen LogP contribution in [0.25, 0.3) is 0 Å². The number of likely N-dealkylation sites (tertiary alicyclic amines) is 1. The van der Waals surface area contributed by atoms with E-state index in [1.165, 1.54) is 0 Å². The van der Waals surface area contributed by atoms with Crippen molar-refractivity contribution in [2.75, 3.05) is 38.5 Å². The van der Waals surface area contributed by atoms with Gasteiger partial charge in [-0.1, -0.05) is 20.8 Å². The second-order valence-electron chi connectivity index (χ2n) is 6.80. The fourth-order valence-electron chi connectivity index (χ4n) is 2.81. The molecule has 1 N–H and O–H groups in total. The molecule has 2 aliphatic rings. The van der Waals surface area contributed by atoms with E-state index >= 15 is 0 Å². The molecule has 2 saturated heterocycles. The quantitative estimate of drug-likeness (QED) is 0.842. The van der Waals surface area contributed by atoms with Gasteiger partial charge in [0.15, 0.2) is 0 Å². The molecule has 2 amide bonds. The third-order valence-corrected chi connectivity index (χ3v) is 5.20. The number of hydrogen-bond donors (Lipinski definition) is 1. The summed E-state index contributed by atoms with van der Waals surface area (Å²) in [6.45, 7) is 9.98. The number of carbonyl (C=O) groups excluding carboxylic acids is 2. The van der Waals surface area contributed by atoms with Crippen LogP contribution >= 0.6 is 11.8 Å². The van der Waals surface area contributed by atoms with Crippen molar-refractivity contribution in [3.63, 3.8) is 0 Å². The summed E-state index contributed by atoms with van der Waals surface area (Å²) in [6.07, 6.45) is 2.01. The summed E-state index contributed by atoms with van der Waals surface area (Å²) < 4.78 is 0.110. The third kappa shape index (κ3) is 4.88. The normalized spacial score (nSPS) is 24.3. The first-order valence-electron chi connectivity index (χ1n) is 7.79. The van der Waals surface area contributed by atoms with Crippen LogP contribution in [0.15, 0.2) is 0 Å². The van der Waals surface area contributed by atoms with Crippen molar-refractivity contribution in [2.45, 2.75) is 44.4 Å². The third-order valence-electron chi connectivity index (χ3n) is 3.94. The number of piperazine rings is 1. The van der Waals surface area contributed by atoms with Crippen molar-refractivity contribution in [1.29, 1.82) is 0 Å². The molecule has 1 atom stereocenters. The van der Waals surface area contributed by atoms with Crippen molar-refractivity contribution in [3.05, 3.63) is 0 Å². The number of amides is 2. The topological polar surface area (TPSA) is 52.7 Å². The molecule has 5 nitrogen and oxygen atoms in total. The minimum atomic E-state index is 0.110. The summed E-state index contributed by atoms with van der Waals surface area (Å²) in [4.78, 5) is 28.2. The Morgan fingerprint density at radius 2 is 2.14 bits per heavy atom. The van der Waals surface area contributed by atoms with Crippen LogP contribution in [-0.4, -0.2) is 70.9 Å². The maximum atomic E-state index is 12.3. The molecule has 21 heavy (non-hydrogen) atoms. The Morgan fingerprint density at radius 3 is 2.81 bits per heavy atom. The predicted octanol–water partition coefficient (Wildman–Crippen LogP) is 0.941. The Kier molecular flexibility index (Phi) is 5.54. The second-order valence-corrected chi connectivity index (χ2v) is 8.60. The predicted molar refractivity (Wildman–Crippen MR) is 86.4 cm³/mol. The summed E-state index contributed by atoms with van der Waals surface area (Å²) in [5, 5.41) is 3.10. The van der Waals surface area contributed by atoms with Crippen LogP contribution in [0.3, 0.4) is 0 Å². The largest absolute Gasteiger partial charge is 0.340 e. The van der Waals surface area contributed by atoms with Gasteiger partial charge in [0, 0.05) is 37.0 Å². The van der Waals surface area contributed by atoms with Gasteiger partial charge in [0.1, 0.15) is 0 Å². The van der Waals surface area contributed by atoms with E-state index in [0.717, 1.165) is 32.5 Å². The molecular formula is C15H27N3O2S. The molecule has 120 valence electrons. The highest BCUT2D eigenvalue weighted by Gasteiger charge is 2.31. The van der Waals surface area contributed by atoms with Crippen LogP contribution < -0.4 is 5.32 Å². The van der Waals surface area contributed by atoms with Crippen LogP contribution in [0, 0.1) is 0 Å². The Hall–Kier alpha value is -0.750. The number of thioether (sulfide) groups is 1. The van der Waals surface area contributed by atoms with Crippen LogP contribution in [-0.2, 0) is 9.59 Å². The van der Waals surface area contributed by atoms with Gasteiger partial charge in [0.05, 0.1) is 12.3 Å². The highest BCUT2D eigenvalue weighted by atomic mass is 32.2. The maximum absolute atomic E-state index is 12.3. The summed E-state index contributed by atoms with van der Waals surface area (Å²) in [5.41, 5.74) is 0. The number of nitrogens with zero attached hydrogens (tertiary/aromatic N) is 2. The monoisotopic (exact) mass is 313 g/mol. The lowest BCUT2D eigenvalue weighted by molar-refractivity contribution is -0.139. The Morgan fingerprint density at radius 1 is 1.38 bits per heavy atom. The Labute approximate surface area is 131 Å². The van der Waals surface area contributed by atoms with E-state index in [4.69, 9.17) is 0 Å². The molecular weight excluding hydrogens is 286 g/mol. The smallest absolute Gasteiger partial charge is 0.236 e. The van der Waals surface area contributed by atoms with Gasteiger partial charge >= 0.3 is 0 Å². The molecule has 2 rings (SSSR count). The SMILES string of the molecule is CC(C)(C)SCC(=O)N1CCC[C@@H](N2CCNCC2=O)C1. The molecule has 0 unspecified atom stereocenters. The standard InChI is InChI=1S/C15H27N3O2S/c1-15(2,3)21-11-14(20)17-7-4-5-12(10-17)18-8-6-16-9-13(18)19/h12,16H,4-11H2,1-3H3/t12-/m1/s1.